The van der Waals surface area contributed by atoms with Gasteiger partial charge >= 0.3 is 0 Å². The van der Waals surface area contributed by atoms with Crippen LogP contribution in [0, 0.1) is 0 Å². The molecule has 28 heavy (non-hydrogen) atoms. The molecule has 0 saturated carbocycles. The van der Waals surface area contributed by atoms with Gasteiger partial charge in [0, 0.05) is 6.21 Å². The number of phenols is 1. The molecule has 142 valence electrons. The summed E-state index contributed by atoms with van der Waals surface area (Å²) < 4.78 is 0. The minimum absolute atomic E-state index is 0.221. The standard InChI is InChI=1S/C25H25NO2/c27-24-16-8-14-22-19(13-7-15-23(22)24)17-18-26-28-25(20-9-3-1-4-10-20)21-11-5-2-6-12-21/h1-6,8-12,14,16,18-19,25,27H,7,13,15,17H2. The molecule has 4 rings (SSSR count). The van der Waals surface area contributed by atoms with E-state index in [1.54, 1.807) is 6.07 Å². The second kappa shape index (κ2) is 8.75. The van der Waals surface area contributed by atoms with E-state index in [0.29, 0.717) is 11.7 Å². The van der Waals surface area contributed by atoms with Gasteiger partial charge in [0.25, 0.3) is 0 Å². The molecular formula is C25H25NO2. The summed E-state index contributed by atoms with van der Waals surface area (Å²) in [6.07, 6.45) is 5.64. The molecule has 1 aliphatic rings. The maximum absolute atomic E-state index is 10.1. The summed E-state index contributed by atoms with van der Waals surface area (Å²) in [6, 6.07) is 26.2. The van der Waals surface area contributed by atoms with Crippen LogP contribution >= 0.6 is 0 Å². The van der Waals surface area contributed by atoms with Crippen molar-refractivity contribution >= 4 is 6.21 Å². The lowest BCUT2D eigenvalue weighted by Gasteiger charge is -2.25. The maximum Gasteiger partial charge on any atom is 0.177 e. The van der Waals surface area contributed by atoms with E-state index in [0.717, 1.165) is 42.4 Å². The van der Waals surface area contributed by atoms with Crippen LogP contribution in [0.15, 0.2) is 84.0 Å². The predicted molar refractivity (Wildman–Crippen MR) is 113 cm³/mol. The fourth-order valence-electron chi connectivity index (χ4n) is 4.02. The van der Waals surface area contributed by atoms with Gasteiger partial charge in [0.1, 0.15) is 5.75 Å². The van der Waals surface area contributed by atoms with Gasteiger partial charge in [-0.15, -0.1) is 0 Å². The summed E-state index contributed by atoms with van der Waals surface area (Å²) >= 11 is 0. The number of fused-ring (bicyclic) bond motifs is 1. The first-order chi connectivity index (χ1) is 13.8. The molecule has 3 nitrogen and oxygen atoms in total. The van der Waals surface area contributed by atoms with Crippen LogP contribution in [0.3, 0.4) is 0 Å². The quantitative estimate of drug-likeness (QED) is 0.427. The Morgan fingerprint density at radius 2 is 1.61 bits per heavy atom. The second-order valence-corrected chi connectivity index (χ2v) is 7.26. The van der Waals surface area contributed by atoms with Gasteiger partial charge in [0.15, 0.2) is 6.10 Å². The summed E-state index contributed by atoms with van der Waals surface area (Å²) in [5.41, 5.74) is 4.51. The van der Waals surface area contributed by atoms with E-state index >= 15 is 0 Å². The summed E-state index contributed by atoms with van der Waals surface area (Å²) in [4.78, 5) is 5.94. The average Bonchev–Trinajstić information content (AvgIpc) is 2.75. The Labute approximate surface area is 166 Å². The largest absolute Gasteiger partial charge is 0.508 e. The number of phenolic OH excluding ortho intramolecular Hbond substituents is 1. The molecule has 1 atom stereocenters. The molecule has 0 radical (unpaired) electrons. The molecule has 0 spiro atoms. The highest BCUT2D eigenvalue weighted by Crippen LogP contribution is 2.37. The van der Waals surface area contributed by atoms with Crippen molar-refractivity contribution < 1.29 is 9.94 Å². The van der Waals surface area contributed by atoms with E-state index in [-0.39, 0.29) is 6.10 Å². The Bertz CT molecular complexity index is 882. The predicted octanol–water partition coefficient (Wildman–Crippen LogP) is 5.99. The van der Waals surface area contributed by atoms with E-state index in [4.69, 9.17) is 4.84 Å². The van der Waals surface area contributed by atoms with Crippen molar-refractivity contribution in [3.8, 4) is 5.75 Å². The van der Waals surface area contributed by atoms with Gasteiger partial charge in [-0.2, -0.15) is 0 Å². The number of oxime groups is 1. The van der Waals surface area contributed by atoms with Gasteiger partial charge in [0.05, 0.1) is 0 Å². The molecule has 0 amide bonds. The van der Waals surface area contributed by atoms with Crippen molar-refractivity contribution in [2.24, 2.45) is 5.16 Å². The summed E-state index contributed by atoms with van der Waals surface area (Å²) in [5.74, 6) is 0.804. The zero-order valence-electron chi connectivity index (χ0n) is 15.9. The highest BCUT2D eigenvalue weighted by molar-refractivity contribution is 5.59. The summed E-state index contributed by atoms with van der Waals surface area (Å²) in [5, 5.41) is 14.4. The van der Waals surface area contributed by atoms with Crippen molar-refractivity contribution in [3.05, 3.63) is 101 Å². The van der Waals surface area contributed by atoms with Crippen molar-refractivity contribution in [2.75, 3.05) is 0 Å². The molecule has 0 aromatic heterocycles. The molecule has 0 saturated heterocycles. The smallest absolute Gasteiger partial charge is 0.177 e. The van der Waals surface area contributed by atoms with Crippen LogP contribution in [0.2, 0.25) is 0 Å². The monoisotopic (exact) mass is 371 g/mol. The fraction of sp³-hybridized carbons (Fsp3) is 0.240. The van der Waals surface area contributed by atoms with Crippen LogP contribution in [-0.2, 0) is 11.3 Å². The lowest BCUT2D eigenvalue weighted by Crippen LogP contribution is -2.10. The van der Waals surface area contributed by atoms with Crippen molar-refractivity contribution in [1.29, 1.82) is 0 Å². The fourth-order valence-corrected chi connectivity index (χ4v) is 4.02. The number of nitrogens with zero attached hydrogens (tertiary/aromatic N) is 1. The SMILES string of the molecule is Oc1cccc2c1CCCC2CC=NOC(c1ccccc1)c1ccccc1. The zero-order valence-corrected chi connectivity index (χ0v) is 15.9. The molecule has 0 fully saturated rings. The summed E-state index contributed by atoms with van der Waals surface area (Å²) in [7, 11) is 0. The van der Waals surface area contributed by atoms with E-state index in [2.05, 4.69) is 35.5 Å². The first-order valence-electron chi connectivity index (χ1n) is 9.91. The molecule has 3 aromatic rings. The highest BCUT2D eigenvalue weighted by Gasteiger charge is 2.21. The lowest BCUT2D eigenvalue weighted by molar-refractivity contribution is 0.0881. The van der Waals surface area contributed by atoms with Crippen LogP contribution in [-0.4, -0.2) is 11.3 Å². The first-order valence-corrected chi connectivity index (χ1v) is 9.91. The molecular weight excluding hydrogens is 346 g/mol. The van der Waals surface area contributed by atoms with E-state index < -0.39 is 0 Å². The van der Waals surface area contributed by atoms with Gasteiger partial charge < -0.3 is 9.94 Å². The second-order valence-electron chi connectivity index (χ2n) is 7.26. The van der Waals surface area contributed by atoms with Crippen LogP contribution in [0.1, 0.15) is 53.5 Å². The lowest BCUT2D eigenvalue weighted by atomic mass is 9.81. The van der Waals surface area contributed by atoms with Crippen molar-refractivity contribution in [1.82, 2.24) is 0 Å². The molecule has 3 heteroatoms. The maximum atomic E-state index is 10.1. The molecule has 0 heterocycles. The Balaban J connectivity index is 1.47. The van der Waals surface area contributed by atoms with E-state index in [9.17, 15) is 5.11 Å². The number of rotatable bonds is 6. The third kappa shape index (κ3) is 4.09. The van der Waals surface area contributed by atoms with E-state index in [1.807, 2.05) is 48.7 Å². The van der Waals surface area contributed by atoms with Crippen LogP contribution in [0.5, 0.6) is 5.75 Å². The Morgan fingerprint density at radius 3 is 2.29 bits per heavy atom. The zero-order chi connectivity index (χ0) is 19.2. The van der Waals surface area contributed by atoms with Gasteiger partial charge in [0.2, 0.25) is 0 Å². The minimum atomic E-state index is -0.221. The molecule has 3 aromatic carbocycles. The van der Waals surface area contributed by atoms with Crippen LogP contribution < -0.4 is 0 Å². The van der Waals surface area contributed by atoms with Crippen molar-refractivity contribution in [2.45, 2.75) is 37.7 Å². The molecule has 1 N–H and O–H groups in total. The first kappa shape index (κ1) is 18.3. The number of hydrogen-bond acceptors (Lipinski definition) is 3. The molecule has 1 aliphatic carbocycles. The van der Waals surface area contributed by atoms with Gasteiger partial charge in [-0.1, -0.05) is 78.0 Å². The number of benzene rings is 3. The Hall–Kier alpha value is -3.07. The van der Waals surface area contributed by atoms with Gasteiger partial charge in [-0.25, -0.2) is 0 Å². The molecule has 1 unspecified atom stereocenters. The van der Waals surface area contributed by atoms with Gasteiger partial charge in [-0.3, -0.25) is 0 Å². The normalized spacial score (nSPS) is 16.2. The third-order valence-electron chi connectivity index (χ3n) is 5.44. The van der Waals surface area contributed by atoms with E-state index in [1.165, 1.54) is 5.56 Å². The average molecular weight is 371 g/mol. The number of hydrogen-bond donors (Lipinski definition) is 1. The third-order valence-corrected chi connectivity index (χ3v) is 5.44. The van der Waals surface area contributed by atoms with Gasteiger partial charge in [-0.05, 0) is 59.9 Å². The summed E-state index contributed by atoms with van der Waals surface area (Å²) in [6.45, 7) is 0. The topological polar surface area (TPSA) is 41.8 Å². The number of aromatic hydroxyl groups is 1. The Morgan fingerprint density at radius 1 is 0.929 bits per heavy atom. The highest BCUT2D eigenvalue weighted by atomic mass is 16.6. The van der Waals surface area contributed by atoms with Crippen LogP contribution in [0.4, 0.5) is 0 Å². The van der Waals surface area contributed by atoms with Crippen molar-refractivity contribution in [3.63, 3.8) is 0 Å². The minimum Gasteiger partial charge on any atom is -0.508 e. The Kier molecular flexibility index (Phi) is 5.72. The molecule has 0 aliphatic heterocycles. The van der Waals surface area contributed by atoms with Crippen LogP contribution in [0.25, 0.3) is 0 Å². The molecule has 0 bridgehead atoms.